The molecule has 0 aliphatic heterocycles. The van der Waals surface area contributed by atoms with Gasteiger partial charge in [0, 0.05) is 0 Å². The Bertz CT molecular complexity index is 1030. The van der Waals surface area contributed by atoms with Crippen LogP contribution in [0.1, 0.15) is 35.7 Å². The number of halogens is 1. The molecule has 0 radical (unpaired) electrons. The molecule has 0 aliphatic rings. The predicted octanol–water partition coefficient (Wildman–Crippen LogP) is 2.52. The summed E-state index contributed by atoms with van der Waals surface area (Å²) in [7, 11) is 0. The summed E-state index contributed by atoms with van der Waals surface area (Å²) in [6.45, 7) is 5.46. The van der Waals surface area contributed by atoms with Gasteiger partial charge >= 0.3 is 11.9 Å². The first-order valence-corrected chi connectivity index (χ1v) is 8.79. The van der Waals surface area contributed by atoms with Crippen LogP contribution in [0.5, 0.6) is 0 Å². The fraction of sp³-hybridized carbons (Fsp3) is 0.316. The molecule has 1 aromatic carbocycles. The number of fused-ring (bicyclic) bond motifs is 1. The highest BCUT2D eigenvalue weighted by molar-refractivity contribution is 5.91. The van der Waals surface area contributed by atoms with Gasteiger partial charge in [-0.2, -0.15) is 5.10 Å². The van der Waals surface area contributed by atoms with E-state index in [0.29, 0.717) is 22.5 Å². The van der Waals surface area contributed by atoms with Crippen LogP contribution in [0.4, 0.5) is 4.39 Å². The lowest BCUT2D eigenvalue weighted by molar-refractivity contribution is -0.142. The summed E-state index contributed by atoms with van der Waals surface area (Å²) >= 11 is 0. The van der Waals surface area contributed by atoms with Gasteiger partial charge < -0.3 is 9.47 Å². The van der Waals surface area contributed by atoms with Crippen molar-refractivity contribution in [1.29, 1.82) is 0 Å². The minimum Gasteiger partial charge on any atom is -0.466 e. The van der Waals surface area contributed by atoms with Gasteiger partial charge in [-0.3, -0.25) is 4.79 Å². The van der Waals surface area contributed by atoms with Crippen molar-refractivity contribution in [2.45, 2.75) is 27.2 Å². The van der Waals surface area contributed by atoms with Crippen molar-refractivity contribution in [2.24, 2.45) is 0 Å². The largest absolute Gasteiger partial charge is 0.466 e. The average molecular weight is 386 g/mol. The molecule has 0 aliphatic carbocycles. The minimum atomic E-state index is -0.701. The Hall–Kier alpha value is -3.36. The molecule has 28 heavy (non-hydrogen) atoms. The Labute approximate surface area is 160 Å². The number of benzene rings is 1. The topological polar surface area (TPSA) is 95.7 Å². The van der Waals surface area contributed by atoms with Gasteiger partial charge in [0.15, 0.2) is 11.3 Å². The van der Waals surface area contributed by atoms with Gasteiger partial charge in [-0.05, 0) is 38.5 Å². The van der Waals surface area contributed by atoms with Crippen molar-refractivity contribution in [3.05, 3.63) is 47.2 Å². The Morgan fingerprint density at radius 3 is 2.39 bits per heavy atom. The molecule has 2 heterocycles. The molecule has 3 rings (SSSR count). The molecular formula is C19H19FN4O4. The quantitative estimate of drug-likeness (QED) is 0.601. The highest BCUT2D eigenvalue weighted by atomic mass is 19.1. The van der Waals surface area contributed by atoms with Crippen LogP contribution in [0.3, 0.4) is 0 Å². The van der Waals surface area contributed by atoms with Crippen LogP contribution in [0, 0.1) is 12.7 Å². The molecule has 146 valence electrons. The number of esters is 2. The summed E-state index contributed by atoms with van der Waals surface area (Å²) in [4.78, 5) is 24.4. The van der Waals surface area contributed by atoms with Crippen LogP contribution >= 0.6 is 0 Å². The molecular weight excluding hydrogens is 367 g/mol. The SMILES string of the molecule is CCOC(=O)Cc1c(C(=O)OCC)nnc2c(-c3ccc(F)cc3)c(C)nn12. The van der Waals surface area contributed by atoms with E-state index in [1.54, 1.807) is 32.9 Å². The second-order valence-corrected chi connectivity index (χ2v) is 5.90. The molecule has 9 heteroatoms. The summed E-state index contributed by atoms with van der Waals surface area (Å²) in [5.41, 5.74) is 2.37. The molecule has 0 amide bonds. The van der Waals surface area contributed by atoms with Gasteiger partial charge in [-0.25, -0.2) is 13.7 Å². The van der Waals surface area contributed by atoms with Gasteiger partial charge in [-0.1, -0.05) is 12.1 Å². The predicted molar refractivity (Wildman–Crippen MR) is 97.2 cm³/mol. The Morgan fingerprint density at radius 1 is 1.07 bits per heavy atom. The fourth-order valence-electron chi connectivity index (χ4n) is 2.87. The molecule has 3 aromatic rings. The maximum absolute atomic E-state index is 13.3. The summed E-state index contributed by atoms with van der Waals surface area (Å²) in [5.74, 6) is -1.59. The van der Waals surface area contributed by atoms with Gasteiger partial charge in [-0.15, -0.1) is 10.2 Å². The number of aryl methyl sites for hydroxylation is 1. The van der Waals surface area contributed by atoms with E-state index < -0.39 is 11.9 Å². The third-order valence-electron chi connectivity index (χ3n) is 4.03. The molecule has 0 fully saturated rings. The third-order valence-corrected chi connectivity index (χ3v) is 4.03. The zero-order valence-corrected chi connectivity index (χ0v) is 15.7. The van der Waals surface area contributed by atoms with Crippen LogP contribution in [-0.2, 0) is 20.7 Å². The van der Waals surface area contributed by atoms with Gasteiger partial charge in [0.05, 0.1) is 36.6 Å². The molecule has 0 spiro atoms. The van der Waals surface area contributed by atoms with Crippen molar-refractivity contribution in [2.75, 3.05) is 13.2 Å². The van der Waals surface area contributed by atoms with Crippen LogP contribution in [0.25, 0.3) is 16.8 Å². The molecule has 0 bridgehead atoms. The first-order valence-electron chi connectivity index (χ1n) is 8.79. The first-order chi connectivity index (χ1) is 13.5. The van der Waals surface area contributed by atoms with E-state index in [1.165, 1.54) is 16.6 Å². The minimum absolute atomic E-state index is 0.101. The monoisotopic (exact) mass is 386 g/mol. The zero-order chi connectivity index (χ0) is 20.3. The van der Waals surface area contributed by atoms with Gasteiger partial charge in [0.1, 0.15) is 5.82 Å². The maximum atomic E-state index is 13.3. The van der Waals surface area contributed by atoms with E-state index in [-0.39, 0.29) is 36.8 Å². The van der Waals surface area contributed by atoms with E-state index in [1.807, 2.05) is 0 Å². The number of rotatable bonds is 6. The molecule has 0 saturated heterocycles. The van der Waals surface area contributed by atoms with Crippen molar-refractivity contribution in [3.8, 4) is 11.1 Å². The molecule has 8 nitrogen and oxygen atoms in total. The third kappa shape index (κ3) is 3.68. The molecule has 2 aromatic heterocycles. The second-order valence-electron chi connectivity index (χ2n) is 5.90. The summed E-state index contributed by atoms with van der Waals surface area (Å²) < 4.78 is 24.7. The van der Waals surface area contributed by atoms with Crippen LogP contribution in [0.2, 0.25) is 0 Å². The van der Waals surface area contributed by atoms with E-state index in [2.05, 4.69) is 15.3 Å². The van der Waals surface area contributed by atoms with E-state index in [4.69, 9.17) is 9.47 Å². The maximum Gasteiger partial charge on any atom is 0.360 e. The van der Waals surface area contributed by atoms with E-state index >= 15 is 0 Å². The van der Waals surface area contributed by atoms with Crippen LogP contribution in [-0.4, -0.2) is 45.0 Å². The summed E-state index contributed by atoms with van der Waals surface area (Å²) in [6, 6.07) is 5.87. The molecule has 0 N–H and O–H groups in total. The van der Waals surface area contributed by atoms with Crippen molar-refractivity contribution >= 4 is 17.6 Å². The number of hydrogen-bond donors (Lipinski definition) is 0. The molecule has 0 unspecified atom stereocenters. The Morgan fingerprint density at radius 2 is 1.75 bits per heavy atom. The highest BCUT2D eigenvalue weighted by Crippen LogP contribution is 2.28. The molecule has 0 atom stereocenters. The van der Waals surface area contributed by atoms with Crippen LogP contribution in [0.15, 0.2) is 24.3 Å². The van der Waals surface area contributed by atoms with Crippen LogP contribution < -0.4 is 0 Å². The summed E-state index contributed by atoms with van der Waals surface area (Å²) in [5, 5.41) is 12.5. The van der Waals surface area contributed by atoms with Gasteiger partial charge in [0.25, 0.3) is 0 Å². The summed E-state index contributed by atoms with van der Waals surface area (Å²) in [6.07, 6.45) is -0.224. The first kappa shape index (κ1) is 19.4. The normalized spacial score (nSPS) is 10.9. The van der Waals surface area contributed by atoms with Crippen molar-refractivity contribution in [1.82, 2.24) is 19.8 Å². The highest BCUT2D eigenvalue weighted by Gasteiger charge is 2.25. The number of carbonyl (C=O) groups is 2. The lowest BCUT2D eigenvalue weighted by Gasteiger charge is -2.09. The average Bonchev–Trinajstić information content (AvgIpc) is 2.99. The number of hydrogen-bond acceptors (Lipinski definition) is 7. The van der Waals surface area contributed by atoms with Gasteiger partial charge in [0.2, 0.25) is 0 Å². The number of nitrogens with zero attached hydrogens (tertiary/aromatic N) is 4. The van der Waals surface area contributed by atoms with Crippen molar-refractivity contribution in [3.63, 3.8) is 0 Å². The second kappa shape index (κ2) is 8.12. The fourth-order valence-corrected chi connectivity index (χ4v) is 2.87. The number of aromatic nitrogens is 4. The Kier molecular flexibility index (Phi) is 5.62. The Balaban J connectivity index is 2.20. The number of ether oxygens (including phenoxy) is 2. The van der Waals surface area contributed by atoms with E-state index in [9.17, 15) is 14.0 Å². The standard InChI is InChI=1S/C19H19FN4O4/c1-4-27-15(25)10-14-17(19(26)28-5-2)21-22-18-16(11(3)23-24(14)18)12-6-8-13(20)9-7-12/h6-9H,4-5,10H2,1-3H3. The zero-order valence-electron chi connectivity index (χ0n) is 15.7. The smallest absolute Gasteiger partial charge is 0.360 e. The molecule has 0 saturated carbocycles. The number of carbonyl (C=O) groups excluding carboxylic acids is 2. The lowest BCUT2D eigenvalue weighted by Crippen LogP contribution is -2.20. The van der Waals surface area contributed by atoms with Crippen molar-refractivity contribution < 1.29 is 23.5 Å². The van der Waals surface area contributed by atoms with E-state index in [0.717, 1.165) is 0 Å². The lowest BCUT2D eigenvalue weighted by atomic mass is 10.1.